The Labute approximate surface area is 124 Å². The van der Waals surface area contributed by atoms with Crippen LogP contribution in [0.3, 0.4) is 0 Å². The van der Waals surface area contributed by atoms with E-state index in [0.717, 1.165) is 22.4 Å². The molecular formula is C16H23BrFN. The molecule has 0 saturated heterocycles. The van der Waals surface area contributed by atoms with E-state index in [1.807, 2.05) is 13.1 Å². The van der Waals surface area contributed by atoms with E-state index in [0.29, 0.717) is 12.0 Å². The molecule has 1 saturated carbocycles. The summed E-state index contributed by atoms with van der Waals surface area (Å²) >= 11 is 3.54. The largest absolute Gasteiger partial charge is 0.317 e. The predicted molar refractivity (Wildman–Crippen MR) is 81.8 cm³/mol. The highest BCUT2D eigenvalue weighted by molar-refractivity contribution is 9.10. The van der Waals surface area contributed by atoms with E-state index in [1.165, 1.54) is 31.7 Å². The summed E-state index contributed by atoms with van der Waals surface area (Å²) in [6, 6.07) is 5.57. The normalized spacial score (nSPS) is 27.5. The molecule has 1 aliphatic carbocycles. The van der Waals surface area contributed by atoms with E-state index in [9.17, 15) is 4.39 Å². The van der Waals surface area contributed by atoms with Crippen LogP contribution in [0.15, 0.2) is 22.7 Å². The molecule has 2 rings (SSSR count). The van der Waals surface area contributed by atoms with E-state index in [4.69, 9.17) is 0 Å². The summed E-state index contributed by atoms with van der Waals surface area (Å²) in [6.45, 7) is 2.28. The van der Waals surface area contributed by atoms with Gasteiger partial charge in [0.2, 0.25) is 0 Å². The Kier molecular flexibility index (Phi) is 5.40. The summed E-state index contributed by atoms with van der Waals surface area (Å²) in [4.78, 5) is 0. The van der Waals surface area contributed by atoms with Crippen LogP contribution in [0.4, 0.5) is 4.39 Å². The van der Waals surface area contributed by atoms with Crippen molar-refractivity contribution in [3.05, 3.63) is 34.1 Å². The molecule has 1 N–H and O–H groups in total. The summed E-state index contributed by atoms with van der Waals surface area (Å²) in [7, 11) is 2.05. The third kappa shape index (κ3) is 3.79. The van der Waals surface area contributed by atoms with Gasteiger partial charge in [-0.15, -0.1) is 0 Å². The number of halogens is 2. The second-order valence-corrected chi connectivity index (χ2v) is 6.54. The second kappa shape index (κ2) is 6.85. The van der Waals surface area contributed by atoms with Crippen LogP contribution in [0.2, 0.25) is 0 Å². The molecule has 1 aromatic rings. The fourth-order valence-electron chi connectivity index (χ4n) is 3.32. The van der Waals surface area contributed by atoms with Gasteiger partial charge in [0.1, 0.15) is 5.82 Å². The van der Waals surface area contributed by atoms with Crippen LogP contribution in [0.1, 0.15) is 38.2 Å². The highest BCUT2D eigenvalue weighted by Gasteiger charge is 2.29. The van der Waals surface area contributed by atoms with Gasteiger partial charge in [0, 0.05) is 10.5 Å². The first-order valence-electron chi connectivity index (χ1n) is 7.25. The second-order valence-electron chi connectivity index (χ2n) is 5.68. The smallest absolute Gasteiger partial charge is 0.123 e. The topological polar surface area (TPSA) is 12.0 Å². The Morgan fingerprint density at radius 1 is 1.37 bits per heavy atom. The van der Waals surface area contributed by atoms with E-state index in [1.54, 1.807) is 6.07 Å². The lowest BCUT2D eigenvalue weighted by Gasteiger charge is -2.36. The van der Waals surface area contributed by atoms with Gasteiger partial charge in [-0.1, -0.05) is 29.3 Å². The molecule has 106 valence electrons. The zero-order chi connectivity index (χ0) is 13.8. The molecule has 1 nitrogen and oxygen atoms in total. The predicted octanol–water partition coefficient (Wildman–Crippen LogP) is 4.55. The van der Waals surface area contributed by atoms with Crippen molar-refractivity contribution in [2.75, 3.05) is 7.05 Å². The molecule has 1 aliphatic rings. The van der Waals surface area contributed by atoms with Gasteiger partial charge in [0.15, 0.2) is 0 Å². The van der Waals surface area contributed by atoms with Gasteiger partial charge in [-0.2, -0.15) is 0 Å². The van der Waals surface area contributed by atoms with Gasteiger partial charge >= 0.3 is 0 Å². The van der Waals surface area contributed by atoms with Crippen molar-refractivity contribution in [2.24, 2.45) is 11.8 Å². The standard InChI is InChI=1S/C16H23BrFN/c1-3-11-4-7-16(19-2)13(8-11)9-12-10-14(18)5-6-15(12)17/h5-6,10-11,13,16,19H,3-4,7-9H2,1-2H3. The fourth-order valence-corrected chi connectivity index (χ4v) is 3.73. The van der Waals surface area contributed by atoms with E-state index < -0.39 is 0 Å². The van der Waals surface area contributed by atoms with Crippen LogP contribution in [0.5, 0.6) is 0 Å². The quantitative estimate of drug-likeness (QED) is 0.855. The highest BCUT2D eigenvalue weighted by atomic mass is 79.9. The van der Waals surface area contributed by atoms with E-state index in [-0.39, 0.29) is 5.82 Å². The molecule has 19 heavy (non-hydrogen) atoms. The summed E-state index contributed by atoms with van der Waals surface area (Å²) in [5.41, 5.74) is 1.10. The highest BCUT2D eigenvalue weighted by Crippen LogP contribution is 2.34. The molecule has 0 aliphatic heterocycles. The number of rotatable bonds is 4. The van der Waals surface area contributed by atoms with E-state index >= 15 is 0 Å². The zero-order valence-corrected chi connectivity index (χ0v) is 13.3. The summed E-state index contributed by atoms with van der Waals surface area (Å²) in [5, 5.41) is 3.44. The van der Waals surface area contributed by atoms with Gasteiger partial charge in [0.05, 0.1) is 0 Å². The minimum atomic E-state index is -0.137. The molecule has 0 bridgehead atoms. The number of hydrogen-bond donors (Lipinski definition) is 1. The molecule has 3 unspecified atom stereocenters. The van der Waals surface area contributed by atoms with Gasteiger partial charge in [-0.25, -0.2) is 4.39 Å². The van der Waals surface area contributed by atoms with Crippen LogP contribution in [0.25, 0.3) is 0 Å². The molecule has 0 heterocycles. The van der Waals surface area contributed by atoms with Crippen molar-refractivity contribution in [2.45, 2.75) is 45.1 Å². The van der Waals surface area contributed by atoms with Gasteiger partial charge in [-0.3, -0.25) is 0 Å². The van der Waals surface area contributed by atoms with Crippen molar-refractivity contribution in [1.82, 2.24) is 5.32 Å². The van der Waals surface area contributed by atoms with Gasteiger partial charge < -0.3 is 5.32 Å². The van der Waals surface area contributed by atoms with Crippen molar-refractivity contribution < 1.29 is 4.39 Å². The Hall–Kier alpha value is -0.410. The van der Waals surface area contributed by atoms with Crippen molar-refractivity contribution >= 4 is 15.9 Å². The Morgan fingerprint density at radius 3 is 2.84 bits per heavy atom. The SMILES string of the molecule is CCC1CCC(NC)C(Cc2cc(F)ccc2Br)C1. The van der Waals surface area contributed by atoms with Crippen LogP contribution in [0, 0.1) is 17.7 Å². The molecule has 1 fully saturated rings. The third-order valence-electron chi connectivity index (χ3n) is 4.53. The van der Waals surface area contributed by atoms with Gasteiger partial charge in [-0.05, 0) is 68.3 Å². The zero-order valence-electron chi connectivity index (χ0n) is 11.8. The maximum absolute atomic E-state index is 13.4. The molecule has 3 heteroatoms. The molecule has 1 aromatic carbocycles. The minimum absolute atomic E-state index is 0.137. The van der Waals surface area contributed by atoms with Crippen LogP contribution >= 0.6 is 15.9 Å². The minimum Gasteiger partial charge on any atom is -0.317 e. The van der Waals surface area contributed by atoms with E-state index in [2.05, 4.69) is 28.2 Å². The summed E-state index contributed by atoms with van der Waals surface area (Å²) in [5.74, 6) is 1.31. The average molecular weight is 328 g/mol. The molecule has 3 atom stereocenters. The van der Waals surface area contributed by atoms with Crippen LogP contribution < -0.4 is 5.32 Å². The summed E-state index contributed by atoms with van der Waals surface area (Å²) < 4.78 is 14.4. The van der Waals surface area contributed by atoms with Gasteiger partial charge in [0.25, 0.3) is 0 Å². The number of benzene rings is 1. The summed E-state index contributed by atoms with van der Waals surface area (Å²) in [6.07, 6.45) is 6.04. The first kappa shape index (κ1) is 15.0. The third-order valence-corrected chi connectivity index (χ3v) is 5.30. The van der Waals surface area contributed by atoms with Crippen molar-refractivity contribution in [3.8, 4) is 0 Å². The molecule has 0 radical (unpaired) electrons. The molecular weight excluding hydrogens is 305 g/mol. The molecule has 0 aromatic heterocycles. The van der Waals surface area contributed by atoms with Crippen LogP contribution in [-0.2, 0) is 6.42 Å². The maximum Gasteiger partial charge on any atom is 0.123 e. The fraction of sp³-hybridized carbons (Fsp3) is 0.625. The average Bonchev–Trinajstić information content (AvgIpc) is 2.42. The first-order valence-corrected chi connectivity index (χ1v) is 8.04. The lowest BCUT2D eigenvalue weighted by molar-refractivity contribution is 0.205. The maximum atomic E-state index is 13.4. The van der Waals surface area contributed by atoms with Crippen molar-refractivity contribution in [1.29, 1.82) is 0 Å². The lowest BCUT2D eigenvalue weighted by atomic mass is 9.74. The Bertz CT molecular complexity index is 421. The molecule has 0 amide bonds. The number of hydrogen-bond acceptors (Lipinski definition) is 1. The molecule has 0 spiro atoms. The Balaban J connectivity index is 2.11. The lowest BCUT2D eigenvalue weighted by Crippen LogP contribution is -2.39. The Morgan fingerprint density at radius 2 is 2.16 bits per heavy atom. The van der Waals surface area contributed by atoms with Crippen LogP contribution in [-0.4, -0.2) is 13.1 Å². The van der Waals surface area contributed by atoms with Crippen molar-refractivity contribution in [3.63, 3.8) is 0 Å². The first-order chi connectivity index (χ1) is 9.13. The monoisotopic (exact) mass is 327 g/mol. The number of nitrogens with one attached hydrogen (secondary N) is 1.